The molecule has 1 heterocycles. The molecule has 0 amide bonds. The zero-order chi connectivity index (χ0) is 12.0. The van der Waals surface area contributed by atoms with E-state index >= 15 is 0 Å². The van der Waals surface area contributed by atoms with Crippen LogP contribution in [0.1, 0.15) is 19.3 Å². The molecule has 0 aromatic carbocycles. The summed E-state index contributed by atoms with van der Waals surface area (Å²) in [6, 6.07) is 0. The number of aliphatic hydroxyl groups is 1. The maximum Gasteiger partial charge on any atom is 0.0679 e. The molecule has 0 aliphatic carbocycles. The quantitative estimate of drug-likeness (QED) is 0.644. The second kappa shape index (κ2) is 7.22. The Balaban J connectivity index is 2.07. The minimum absolute atomic E-state index is 0.263. The molecular weight excluding hydrogens is 202 g/mol. The number of rotatable bonds is 7. The largest absolute Gasteiger partial charge is 0.392 e. The molecule has 1 aliphatic heterocycles. The van der Waals surface area contributed by atoms with Gasteiger partial charge in [0.05, 0.1) is 6.10 Å². The van der Waals surface area contributed by atoms with Crippen LogP contribution in [0.25, 0.3) is 0 Å². The van der Waals surface area contributed by atoms with Gasteiger partial charge >= 0.3 is 0 Å². The van der Waals surface area contributed by atoms with Gasteiger partial charge in [0.25, 0.3) is 0 Å². The van der Waals surface area contributed by atoms with E-state index in [9.17, 15) is 5.11 Å². The summed E-state index contributed by atoms with van der Waals surface area (Å²) in [5, 5.41) is 9.62. The van der Waals surface area contributed by atoms with Crippen molar-refractivity contribution in [1.82, 2.24) is 9.80 Å². The summed E-state index contributed by atoms with van der Waals surface area (Å²) < 4.78 is 0. The van der Waals surface area contributed by atoms with Crippen LogP contribution in [0.5, 0.6) is 0 Å². The Kier molecular flexibility index (Phi) is 6.28. The van der Waals surface area contributed by atoms with Gasteiger partial charge in [-0.3, -0.25) is 0 Å². The monoisotopic (exact) mass is 229 g/mol. The maximum absolute atomic E-state index is 9.62. The van der Waals surface area contributed by atoms with Crippen LogP contribution in [-0.4, -0.2) is 67.8 Å². The predicted molar refractivity (Wildman–Crippen MR) is 67.4 cm³/mol. The topological polar surface area (TPSA) is 52.7 Å². The Morgan fingerprint density at radius 2 is 2.31 bits per heavy atom. The first-order valence-corrected chi connectivity index (χ1v) is 6.37. The lowest BCUT2D eigenvalue weighted by molar-refractivity contribution is 0.117. The van der Waals surface area contributed by atoms with Crippen LogP contribution in [0.3, 0.4) is 0 Å². The number of likely N-dealkylation sites (tertiary alicyclic amines) is 1. The van der Waals surface area contributed by atoms with Crippen molar-refractivity contribution < 1.29 is 5.11 Å². The Hall–Kier alpha value is -0.160. The van der Waals surface area contributed by atoms with E-state index in [2.05, 4.69) is 23.9 Å². The summed E-state index contributed by atoms with van der Waals surface area (Å²) in [5.41, 5.74) is 5.41. The van der Waals surface area contributed by atoms with Gasteiger partial charge in [0.2, 0.25) is 0 Å². The summed E-state index contributed by atoms with van der Waals surface area (Å²) in [6.07, 6.45) is 3.02. The predicted octanol–water partition coefficient (Wildman–Crippen LogP) is -0.0303. The summed E-state index contributed by atoms with van der Waals surface area (Å²) in [7, 11) is 4.27. The minimum atomic E-state index is -0.263. The second-order valence-electron chi connectivity index (χ2n) is 5.20. The molecule has 0 saturated carbocycles. The molecule has 0 radical (unpaired) electrons. The van der Waals surface area contributed by atoms with Crippen LogP contribution in [0.4, 0.5) is 0 Å². The summed E-state index contributed by atoms with van der Waals surface area (Å²) >= 11 is 0. The maximum atomic E-state index is 9.62. The van der Waals surface area contributed by atoms with E-state index in [1.165, 1.54) is 25.9 Å². The lowest BCUT2D eigenvalue weighted by atomic mass is 10.0. The van der Waals surface area contributed by atoms with Crippen LogP contribution in [0.2, 0.25) is 0 Å². The van der Waals surface area contributed by atoms with Crippen LogP contribution in [0, 0.1) is 5.92 Å². The fraction of sp³-hybridized carbons (Fsp3) is 1.00. The molecule has 3 N–H and O–H groups in total. The molecule has 1 saturated heterocycles. The van der Waals surface area contributed by atoms with Gasteiger partial charge in [-0.1, -0.05) is 0 Å². The van der Waals surface area contributed by atoms with Gasteiger partial charge in [0.1, 0.15) is 0 Å². The average Bonchev–Trinajstić information content (AvgIpc) is 2.61. The molecule has 4 nitrogen and oxygen atoms in total. The standard InChI is InChI=1S/C12H27N3O/c1-14-7-4-11(9-14)5-8-15(2)10-12(16)3-6-13/h11-12,16H,3-10,13H2,1-2H3. The van der Waals surface area contributed by atoms with Crippen molar-refractivity contribution in [2.24, 2.45) is 11.7 Å². The molecular formula is C12H27N3O. The van der Waals surface area contributed by atoms with E-state index in [1.807, 2.05) is 0 Å². The molecule has 4 heteroatoms. The molecule has 0 spiro atoms. The third-order valence-electron chi connectivity index (χ3n) is 3.43. The first-order valence-electron chi connectivity index (χ1n) is 6.37. The van der Waals surface area contributed by atoms with Crippen LogP contribution < -0.4 is 5.73 Å². The molecule has 0 aromatic rings. The van der Waals surface area contributed by atoms with Gasteiger partial charge in [-0.05, 0) is 58.9 Å². The molecule has 1 aliphatic rings. The number of aliphatic hydroxyl groups excluding tert-OH is 1. The molecule has 2 unspecified atom stereocenters. The van der Waals surface area contributed by atoms with E-state index in [0.29, 0.717) is 13.0 Å². The van der Waals surface area contributed by atoms with Gasteiger partial charge in [0, 0.05) is 13.1 Å². The Morgan fingerprint density at radius 1 is 1.56 bits per heavy atom. The third-order valence-corrected chi connectivity index (χ3v) is 3.43. The van der Waals surface area contributed by atoms with Gasteiger partial charge < -0.3 is 20.6 Å². The molecule has 0 bridgehead atoms. The molecule has 1 fully saturated rings. The smallest absolute Gasteiger partial charge is 0.0679 e. The van der Waals surface area contributed by atoms with Crippen molar-refractivity contribution in [2.45, 2.75) is 25.4 Å². The summed E-state index contributed by atoms with van der Waals surface area (Å²) in [6.45, 7) is 4.88. The highest BCUT2D eigenvalue weighted by molar-refractivity contribution is 4.74. The highest BCUT2D eigenvalue weighted by Crippen LogP contribution is 2.17. The zero-order valence-corrected chi connectivity index (χ0v) is 10.7. The van der Waals surface area contributed by atoms with Gasteiger partial charge in [-0.15, -0.1) is 0 Å². The SMILES string of the molecule is CN(CCC1CCN(C)C1)CC(O)CCN. The fourth-order valence-corrected chi connectivity index (χ4v) is 2.40. The molecule has 2 atom stereocenters. The second-order valence-corrected chi connectivity index (χ2v) is 5.20. The van der Waals surface area contributed by atoms with E-state index in [1.54, 1.807) is 0 Å². The lowest BCUT2D eigenvalue weighted by Gasteiger charge is -2.21. The third kappa shape index (κ3) is 5.25. The first-order chi connectivity index (χ1) is 7.61. The summed E-state index contributed by atoms with van der Waals surface area (Å²) in [5.74, 6) is 0.846. The number of nitrogens with zero attached hydrogens (tertiary/aromatic N) is 2. The summed E-state index contributed by atoms with van der Waals surface area (Å²) in [4.78, 5) is 4.62. The Bertz CT molecular complexity index is 189. The first kappa shape index (κ1) is 13.9. The van der Waals surface area contributed by atoms with Crippen molar-refractivity contribution in [3.05, 3.63) is 0 Å². The lowest BCUT2D eigenvalue weighted by Crippen LogP contribution is -2.32. The molecule has 0 aromatic heterocycles. The van der Waals surface area contributed by atoms with Crippen molar-refractivity contribution >= 4 is 0 Å². The highest BCUT2D eigenvalue weighted by Gasteiger charge is 2.19. The Morgan fingerprint density at radius 3 is 2.88 bits per heavy atom. The van der Waals surface area contributed by atoms with E-state index in [-0.39, 0.29) is 6.10 Å². The highest BCUT2D eigenvalue weighted by atomic mass is 16.3. The van der Waals surface area contributed by atoms with Crippen LogP contribution in [-0.2, 0) is 0 Å². The van der Waals surface area contributed by atoms with Gasteiger partial charge in [-0.2, -0.15) is 0 Å². The number of nitrogens with two attached hydrogens (primary N) is 1. The van der Waals surface area contributed by atoms with Crippen molar-refractivity contribution in [2.75, 3.05) is 46.8 Å². The van der Waals surface area contributed by atoms with Crippen LogP contribution in [0.15, 0.2) is 0 Å². The molecule has 16 heavy (non-hydrogen) atoms. The van der Waals surface area contributed by atoms with E-state index in [0.717, 1.165) is 19.0 Å². The molecule has 96 valence electrons. The van der Waals surface area contributed by atoms with Crippen molar-refractivity contribution in [3.8, 4) is 0 Å². The number of hydrogen-bond donors (Lipinski definition) is 2. The van der Waals surface area contributed by atoms with Gasteiger partial charge in [-0.25, -0.2) is 0 Å². The van der Waals surface area contributed by atoms with Crippen LogP contribution >= 0.6 is 0 Å². The van der Waals surface area contributed by atoms with Crippen molar-refractivity contribution in [1.29, 1.82) is 0 Å². The fourth-order valence-electron chi connectivity index (χ4n) is 2.40. The molecule has 1 rings (SSSR count). The number of likely N-dealkylation sites (N-methyl/N-ethyl adjacent to an activating group) is 1. The minimum Gasteiger partial charge on any atom is -0.392 e. The normalized spacial score (nSPS) is 24.2. The van der Waals surface area contributed by atoms with E-state index < -0.39 is 0 Å². The van der Waals surface area contributed by atoms with E-state index in [4.69, 9.17) is 5.73 Å². The zero-order valence-electron chi connectivity index (χ0n) is 10.7. The number of hydrogen-bond acceptors (Lipinski definition) is 4. The van der Waals surface area contributed by atoms with Crippen molar-refractivity contribution in [3.63, 3.8) is 0 Å². The average molecular weight is 229 g/mol. The Labute approximate surface area is 99.4 Å². The van der Waals surface area contributed by atoms with Gasteiger partial charge in [0.15, 0.2) is 0 Å².